The maximum Gasteiger partial charge on any atom is 0.316 e. The van der Waals surface area contributed by atoms with Gasteiger partial charge in [-0.1, -0.05) is 12.1 Å². The Bertz CT molecular complexity index is 636. The highest BCUT2D eigenvalue weighted by Crippen LogP contribution is 2.28. The van der Waals surface area contributed by atoms with Crippen LogP contribution < -0.4 is 15.5 Å². The minimum absolute atomic E-state index is 0.0149. The number of benzene rings is 1. The molecule has 2 rings (SSSR count). The van der Waals surface area contributed by atoms with Crippen molar-refractivity contribution >= 4 is 17.5 Å². The lowest BCUT2D eigenvalue weighted by molar-refractivity contribution is -0.138. The summed E-state index contributed by atoms with van der Waals surface area (Å²) in [7, 11) is 0. The molecule has 25 heavy (non-hydrogen) atoms. The van der Waals surface area contributed by atoms with E-state index in [0.717, 1.165) is 24.1 Å². The molecule has 5 nitrogen and oxygen atoms in total. The van der Waals surface area contributed by atoms with Crippen LogP contribution in [0.4, 0.5) is 5.69 Å². The summed E-state index contributed by atoms with van der Waals surface area (Å²) in [6.07, 6.45) is 1.60. The molecule has 1 aromatic rings. The predicted octanol–water partition coefficient (Wildman–Crippen LogP) is 2.77. The molecule has 1 aliphatic rings. The van der Waals surface area contributed by atoms with Crippen LogP contribution in [0, 0.1) is 6.92 Å². The van der Waals surface area contributed by atoms with Gasteiger partial charge in [0.1, 0.15) is 0 Å². The Morgan fingerprint density at radius 1 is 1.20 bits per heavy atom. The lowest BCUT2D eigenvalue weighted by Gasteiger charge is -2.46. The molecule has 2 N–H and O–H groups in total. The molecule has 0 saturated carbocycles. The summed E-state index contributed by atoms with van der Waals surface area (Å²) in [5, 5.41) is 6.54. The first-order valence-corrected chi connectivity index (χ1v) is 9.01. The molecule has 1 aliphatic heterocycles. The number of amides is 2. The fourth-order valence-electron chi connectivity index (χ4n) is 4.03. The number of nitrogens with one attached hydrogen (secondary N) is 2. The zero-order valence-corrected chi connectivity index (χ0v) is 16.3. The van der Waals surface area contributed by atoms with Crippen molar-refractivity contribution in [3.05, 3.63) is 29.8 Å². The van der Waals surface area contributed by atoms with Crippen molar-refractivity contribution in [1.29, 1.82) is 0 Å². The molecule has 0 bridgehead atoms. The Kier molecular flexibility index (Phi) is 5.57. The molecular formula is C20H31N3O2. The molecular weight excluding hydrogens is 314 g/mol. The van der Waals surface area contributed by atoms with Crippen LogP contribution in [-0.2, 0) is 9.59 Å². The number of aryl methyl sites for hydroxylation is 1. The number of anilines is 1. The molecule has 0 aliphatic carbocycles. The Balaban J connectivity index is 2.10. The van der Waals surface area contributed by atoms with Crippen LogP contribution in [0.5, 0.6) is 0 Å². The summed E-state index contributed by atoms with van der Waals surface area (Å²) in [4.78, 5) is 26.8. The van der Waals surface area contributed by atoms with Gasteiger partial charge in [-0.25, -0.2) is 0 Å². The van der Waals surface area contributed by atoms with Crippen molar-refractivity contribution < 1.29 is 9.59 Å². The number of nitrogens with zero attached hydrogens (tertiary/aromatic N) is 1. The summed E-state index contributed by atoms with van der Waals surface area (Å²) < 4.78 is 0. The fourth-order valence-corrected chi connectivity index (χ4v) is 4.03. The third-order valence-electron chi connectivity index (χ3n) is 4.59. The molecule has 0 unspecified atom stereocenters. The summed E-state index contributed by atoms with van der Waals surface area (Å²) in [5.41, 5.74) is 1.66. The van der Waals surface area contributed by atoms with Crippen molar-refractivity contribution in [2.24, 2.45) is 0 Å². The predicted molar refractivity (Wildman–Crippen MR) is 102 cm³/mol. The van der Waals surface area contributed by atoms with Crippen molar-refractivity contribution in [3.63, 3.8) is 0 Å². The van der Waals surface area contributed by atoms with Crippen molar-refractivity contribution in [3.8, 4) is 0 Å². The molecule has 2 amide bonds. The summed E-state index contributed by atoms with van der Waals surface area (Å²) in [6.45, 7) is 12.8. The van der Waals surface area contributed by atoms with Gasteiger partial charge in [-0.15, -0.1) is 0 Å². The molecule has 5 heteroatoms. The highest BCUT2D eigenvalue weighted by atomic mass is 16.2. The maximum atomic E-state index is 12.7. The van der Waals surface area contributed by atoms with Gasteiger partial charge in [0.2, 0.25) is 0 Å². The number of carbonyl (C=O) groups is 2. The minimum Gasteiger partial charge on any atom is -0.345 e. The van der Waals surface area contributed by atoms with Gasteiger partial charge in [-0.2, -0.15) is 0 Å². The lowest BCUT2D eigenvalue weighted by atomic mass is 9.79. The number of hydrogen-bond acceptors (Lipinski definition) is 3. The van der Waals surface area contributed by atoms with E-state index >= 15 is 0 Å². The van der Waals surface area contributed by atoms with Crippen molar-refractivity contribution in [2.45, 2.75) is 71.5 Å². The highest BCUT2D eigenvalue weighted by Gasteiger charge is 2.39. The summed E-state index contributed by atoms with van der Waals surface area (Å²) in [5.74, 6) is -1.02. The monoisotopic (exact) mass is 345 g/mol. The normalized spacial score (nSPS) is 19.3. The molecule has 138 valence electrons. The summed E-state index contributed by atoms with van der Waals surface area (Å²) in [6, 6.07) is 7.64. The van der Waals surface area contributed by atoms with Crippen LogP contribution in [0.25, 0.3) is 0 Å². The lowest BCUT2D eigenvalue weighted by Crippen LogP contribution is -2.63. The smallest absolute Gasteiger partial charge is 0.316 e. The van der Waals surface area contributed by atoms with Crippen molar-refractivity contribution in [1.82, 2.24) is 10.6 Å². The third kappa shape index (κ3) is 5.05. The quantitative estimate of drug-likeness (QED) is 0.828. The van der Waals surface area contributed by atoms with Crippen LogP contribution in [0.15, 0.2) is 24.3 Å². The topological polar surface area (TPSA) is 61.4 Å². The Morgan fingerprint density at radius 2 is 1.80 bits per heavy atom. The number of hydrogen-bond donors (Lipinski definition) is 2. The largest absolute Gasteiger partial charge is 0.345 e. The number of likely N-dealkylation sites (N-methyl/N-ethyl adjacent to an activating group) is 1. The van der Waals surface area contributed by atoms with Crippen LogP contribution >= 0.6 is 0 Å². The van der Waals surface area contributed by atoms with Crippen LogP contribution in [-0.4, -0.2) is 35.5 Å². The third-order valence-corrected chi connectivity index (χ3v) is 4.59. The molecule has 0 spiro atoms. The van der Waals surface area contributed by atoms with E-state index in [1.54, 1.807) is 0 Å². The van der Waals surface area contributed by atoms with E-state index in [-0.39, 0.29) is 17.1 Å². The molecule has 1 heterocycles. The second kappa shape index (κ2) is 7.16. The van der Waals surface area contributed by atoms with Crippen LogP contribution in [0.1, 0.15) is 53.0 Å². The molecule has 1 aromatic carbocycles. The van der Waals surface area contributed by atoms with E-state index in [2.05, 4.69) is 38.3 Å². The molecule has 1 saturated heterocycles. The van der Waals surface area contributed by atoms with Gasteiger partial charge in [-0.3, -0.25) is 9.59 Å². The number of rotatable bonds is 3. The molecule has 0 radical (unpaired) electrons. The van der Waals surface area contributed by atoms with Gasteiger partial charge >= 0.3 is 11.8 Å². The zero-order valence-electron chi connectivity index (χ0n) is 16.3. The number of piperidine rings is 1. The Labute approximate surface area is 151 Å². The van der Waals surface area contributed by atoms with Gasteiger partial charge < -0.3 is 15.5 Å². The Hall–Kier alpha value is -1.88. The average Bonchev–Trinajstić information content (AvgIpc) is 2.44. The minimum atomic E-state index is -0.526. The standard InChI is InChI=1S/C20H31N3O2/c1-7-23(16-10-8-9-14(2)11-16)18(25)17(24)21-15-12-19(3,4)22-20(5,6)13-15/h8-11,15,22H,7,12-13H2,1-6H3,(H,21,24). The summed E-state index contributed by atoms with van der Waals surface area (Å²) >= 11 is 0. The fraction of sp³-hybridized carbons (Fsp3) is 0.600. The second-order valence-corrected chi connectivity index (χ2v) is 8.36. The number of carbonyl (C=O) groups excluding carboxylic acids is 2. The van der Waals surface area contributed by atoms with E-state index < -0.39 is 11.8 Å². The molecule has 0 aromatic heterocycles. The van der Waals surface area contributed by atoms with Gasteiger partial charge in [0.25, 0.3) is 0 Å². The first kappa shape index (κ1) is 19.4. The van der Waals surface area contributed by atoms with Gasteiger partial charge in [0, 0.05) is 29.4 Å². The first-order valence-electron chi connectivity index (χ1n) is 9.01. The first-order chi connectivity index (χ1) is 11.5. The second-order valence-electron chi connectivity index (χ2n) is 8.36. The van der Waals surface area contributed by atoms with E-state index in [1.807, 2.05) is 38.1 Å². The van der Waals surface area contributed by atoms with Crippen molar-refractivity contribution in [2.75, 3.05) is 11.4 Å². The van der Waals surface area contributed by atoms with Gasteiger partial charge in [0.15, 0.2) is 0 Å². The van der Waals surface area contributed by atoms with Crippen LogP contribution in [0.3, 0.4) is 0 Å². The highest BCUT2D eigenvalue weighted by molar-refractivity contribution is 6.40. The Morgan fingerprint density at radius 3 is 2.32 bits per heavy atom. The molecule has 0 atom stereocenters. The van der Waals surface area contributed by atoms with Gasteiger partial charge in [-0.05, 0) is 72.1 Å². The van der Waals surface area contributed by atoms with E-state index in [1.165, 1.54) is 4.90 Å². The molecule has 1 fully saturated rings. The van der Waals surface area contributed by atoms with E-state index in [9.17, 15) is 9.59 Å². The zero-order chi connectivity index (χ0) is 18.8. The van der Waals surface area contributed by atoms with Gasteiger partial charge in [0.05, 0.1) is 0 Å². The van der Waals surface area contributed by atoms with E-state index in [4.69, 9.17) is 0 Å². The maximum absolute atomic E-state index is 12.7. The average molecular weight is 345 g/mol. The van der Waals surface area contributed by atoms with E-state index in [0.29, 0.717) is 6.54 Å². The SMILES string of the molecule is CCN(C(=O)C(=O)NC1CC(C)(C)NC(C)(C)C1)c1cccc(C)c1. The van der Waals surface area contributed by atoms with Crippen LogP contribution in [0.2, 0.25) is 0 Å².